The fourth-order valence-corrected chi connectivity index (χ4v) is 6.12. The van der Waals surface area contributed by atoms with Crippen LogP contribution < -0.4 is 5.32 Å². The van der Waals surface area contributed by atoms with Crippen LogP contribution in [0.3, 0.4) is 0 Å². The number of hydrogen-bond acceptors (Lipinski definition) is 6. The highest BCUT2D eigenvalue weighted by Crippen LogP contribution is 2.26. The molecular weight excluding hydrogens is 360 g/mol. The second-order valence-corrected chi connectivity index (χ2v) is 9.87. The maximum atomic E-state index is 12.5. The number of sulfonamides is 2. The molecule has 0 aliphatic rings. The Labute approximate surface area is 138 Å². The highest BCUT2D eigenvalue weighted by atomic mass is 32.3. The highest BCUT2D eigenvalue weighted by Gasteiger charge is 2.33. The average molecular weight is 374 g/mol. The molecule has 7 nitrogen and oxygen atoms in total. The highest BCUT2D eigenvalue weighted by molar-refractivity contribution is 8.04. The summed E-state index contributed by atoms with van der Waals surface area (Å²) in [6.45, 7) is 1.33. The maximum Gasteiger partial charge on any atom is 0.265 e. The summed E-state index contributed by atoms with van der Waals surface area (Å²) < 4.78 is 49.9. The van der Waals surface area contributed by atoms with Crippen LogP contribution in [0.15, 0.2) is 50.9 Å². The smallest absolute Gasteiger partial charge is 0.265 e. The maximum absolute atomic E-state index is 12.5. The van der Waals surface area contributed by atoms with Gasteiger partial charge in [-0.05, 0) is 35.7 Å². The molecule has 1 heterocycles. The number of benzene rings is 1. The molecule has 10 heteroatoms. The SMILES string of the molecule is CC(=O)Nc1ccc(S(=O)(=O)N(C)S(=O)(=O)c2cccs2)cc1. The van der Waals surface area contributed by atoms with Crippen molar-refractivity contribution in [3.05, 3.63) is 41.8 Å². The van der Waals surface area contributed by atoms with Crippen LogP contribution in [0.1, 0.15) is 6.92 Å². The topological polar surface area (TPSA) is 101 Å². The molecule has 0 radical (unpaired) electrons. The third-order valence-electron chi connectivity index (χ3n) is 2.90. The Kier molecular flexibility index (Phi) is 4.90. The Morgan fingerprint density at radius 3 is 2.13 bits per heavy atom. The minimum absolute atomic E-state index is 0.0570. The average Bonchev–Trinajstić information content (AvgIpc) is 3.01. The molecule has 0 bridgehead atoms. The van der Waals surface area contributed by atoms with Crippen molar-refractivity contribution in [3.63, 3.8) is 0 Å². The molecule has 0 saturated heterocycles. The molecule has 23 heavy (non-hydrogen) atoms. The summed E-state index contributed by atoms with van der Waals surface area (Å²) in [4.78, 5) is 10.8. The van der Waals surface area contributed by atoms with E-state index in [2.05, 4.69) is 5.32 Å². The molecule has 1 aromatic carbocycles. The quantitative estimate of drug-likeness (QED) is 0.859. The van der Waals surface area contributed by atoms with Crippen LogP contribution in [0.2, 0.25) is 0 Å². The van der Waals surface area contributed by atoms with Gasteiger partial charge in [0.1, 0.15) is 4.21 Å². The molecule has 0 aliphatic heterocycles. The number of nitrogens with one attached hydrogen (secondary N) is 1. The zero-order valence-corrected chi connectivity index (χ0v) is 14.7. The van der Waals surface area contributed by atoms with Gasteiger partial charge in [0.15, 0.2) is 0 Å². The number of anilines is 1. The van der Waals surface area contributed by atoms with Gasteiger partial charge in [-0.3, -0.25) is 4.79 Å². The van der Waals surface area contributed by atoms with Gasteiger partial charge in [0, 0.05) is 19.7 Å². The molecular formula is C13H14N2O5S3. The minimum Gasteiger partial charge on any atom is -0.326 e. The van der Waals surface area contributed by atoms with E-state index in [4.69, 9.17) is 0 Å². The molecule has 0 atom stereocenters. The molecule has 0 aliphatic carbocycles. The second-order valence-electron chi connectivity index (χ2n) is 4.53. The lowest BCUT2D eigenvalue weighted by molar-refractivity contribution is -0.114. The third-order valence-corrected chi connectivity index (χ3v) is 8.52. The van der Waals surface area contributed by atoms with Crippen molar-refractivity contribution in [1.82, 2.24) is 3.71 Å². The van der Waals surface area contributed by atoms with Crippen LogP contribution in [-0.4, -0.2) is 33.5 Å². The Hall–Kier alpha value is -1.75. The number of rotatable bonds is 5. The van der Waals surface area contributed by atoms with Crippen LogP contribution >= 0.6 is 11.3 Å². The summed E-state index contributed by atoms with van der Waals surface area (Å²) in [7, 11) is -7.37. The predicted octanol–water partition coefficient (Wildman–Crippen LogP) is 1.72. The Morgan fingerprint density at radius 2 is 1.65 bits per heavy atom. The van der Waals surface area contributed by atoms with E-state index in [-0.39, 0.29) is 15.0 Å². The standard InChI is InChI=1S/C13H14N2O5S3/c1-10(16)14-11-5-7-12(8-6-11)22(17,18)15(2)23(19,20)13-4-3-9-21-13/h3-9H,1-2H3,(H,14,16). The Balaban J connectivity index is 2.36. The molecule has 0 unspecified atom stereocenters. The number of thiophene rings is 1. The van der Waals surface area contributed by atoms with Crippen molar-refractivity contribution in [3.8, 4) is 0 Å². The molecule has 1 aromatic heterocycles. The van der Waals surface area contributed by atoms with E-state index in [0.717, 1.165) is 18.4 Å². The first-order chi connectivity index (χ1) is 10.7. The number of carbonyl (C=O) groups excluding carboxylic acids is 1. The van der Waals surface area contributed by atoms with Crippen LogP contribution in [0, 0.1) is 0 Å². The summed E-state index contributed by atoms with van der Waals surface area (Å²) in [5.41, 5.74) is 0.417. The van der Waals surface area contributed by atoms with Crippen LogP contribution in [0.5, 0.6) is 0 Å². The predicted molar refractivity (Wildman–Crippen MR) is 87.2 cm³/mol. The van der Waals surface area contributed by atoms with Gasteiger partial charge in [0.05, 0.1) is 4.90 Å². The van der Waals surface area contributed by atoms with Gasteiger partial charge in [-0.25, -0.2) is 16.8 Å². The van der Waals surface area contributed by atoms with Crippen LogP contribution in [-0.2, 0) is 24.8 Å². The van der Waals surface area contributed by atoms with Crippen molar-refractivity contribution >= 4 is 43.0 Å². The van der Waals surface area contributed by atoms with Crippen molar-refractivity contribution in [1.29, 1.82) is 0 Å². The summed E-state index contributed by atoms with van der Waals surface area (Å²) >= 11 is 0.937. The fraction of sp³-hybridized carbons (Fsp3) is 0.154. The molecule has 1 amide bonds. The Morgan fingerprint density at radius 1 is 1.04 bits per heavy atom. The van der Waals surface area contributed by atoms with Gasteiger partial charge in [-0.15, -0.1) is 11.3 Å². The van der Waals surface area contributed by atoms with E-state index < -0.39 is 20.0 Å². The first-order valence-corrected chi connectivity index (χ1v) is 10.1. The number of carbonyl (C=O) groups is 1. The van der Waals surface area contributed by atoms with Gasteiger partial charge < -0.3 is 5.32 Å². The zero-order valence-electron chi connectivity index (χ0n) is 12.3. The van der Waals surface area contributed by atoms with Crippen molar-refractivity contribution in [2.75, 3.05) is 12.4 Å². The van der Waals surface area contributed by atoms with Gasteiger partial charge in [0.2, 0.25) is 5.91 Å². The third kappa shape index (κ3) is 3.61. The van der Waals surface area contributed by atoms with Crippen molar-refractivity contribution in [2.45, 2.75) is 16.0 Å². The lowest BCUT2D eigenvalue weighted by atomic mass is 10.3. The fourth-order valence-electron chi connectivity index (χ4n) is 1.73. The summed E-state index contributed by atoms with van der Waals surface area (Å²) in [6, 6.07) is 8.12. The van der Waals surface area contributed by atoms with Gasteiger partial charge in [0.25, 0.3) is 20.0 Å². The lowest BCUT2D eigenvalue weighted by Crippen LogP contribution is -2.32. The minimum atomic E-state index is -4.23. The van der Waals surface area contributed by atoms with Crippen molar-refractivity contribution in [2.24, 2.45) is 0 Å². The molecule has 0 saturated carbocycles. The monoisotopic (exact) mass is 374 g/mol. The van der Waals surface area contributed by atoms with E-state index in [1.165, 1.54) is 43.3 Å². The molecule has 0 spiro atoms. The van der Waals surface area contributed by atoms with Crippen LogP contribution in [0.25, 0.3) is 0 Å². The van der Waals surface area contributed by atoms with Gasteiger partial charge >= 0.3 is 0 Å². The summed E-state index contributed by atoms with van der Waals surface area (Å²) in [5, 5.41) is 4.05. The van der Waals surface area contributed by atoms with E-state index in [1.807, 2.05) is 0 Å². The first-order valence-electron chi connectivity index (χ1n) is 6.31. The summed E-state index contributed by atoms with van der Waals surface area (Å²) in [5.74, 6) is -0.294. The second kappa shape index (κ2) is 6.40. The van der Waals surface area contributed by atoms with E-state index >= 15 is 0 Å². The molecule has 2 rings (SSSR count). The molecule has 0 fully saturated rings. The molecule has 124 valence electrons. The molecule has 1 N–H and O–H groups in total. The Bertz CT molecular complexity index is 901. The first kappa shape index (κ1) is 17.6. The van der Waals surface area contributed by atoms with Gasteiger partial charge in [-0.1, -0.05) is 9.78 Å². The van der Waals surface area contributed by atoms with Crippen LogP contribution in [0.4, 0.5) is 5.69 Å². The lowest BCUT2D eigenvalue weighted by Gasteiger charge is -2.16. The number of nitrogens with zero attached hydrogens (tertiary/aromatic N) is 1. The van der Waals surface area contributed by atoms with E-state index in [9.17, 15) is 21.6 Å². The normalized spacial score (nSPS) is 12.3. The number of hydrogen-bond donors (Lipinski definition) is 1. The van der Waals surface area contributed by atoms with E-state index in [0.29, 0.717) is 9.40 Å². The van der Waals surface area contributed by atoms with Gasteiger partial charge in [-0.2, -0.15) is 0 Å². The van der Waals surface area contributed by atoms with Crippen molar-refractivity contribution < 1.29 is 21.6 Å². The molecule has 2 aromatic rings. The number of amides is 1. The summed E-state index contributed by atoms with van der Waals surface area (Å²) in [6.07, 6.45) is 0. The zero-order chi connectivity index (χ0) is 17.3. The van der Waals surface area contributed by atoms with E-state index in [1.54, 1.807) is 5.38 Å². The largest absolute Gasteiger partial charge is 0.326 e.